The summed E-state index contributed by atoms with van der Waals surface area (Å²) in [5, 5.41) is 6.63. The van der Waals surface area contributed by atoms with E-state index in [1.807, 2.05) is 24.3 Å². The van der Waals surface area contributed by atoms with Gasteiger partial charge in [-0.25, -0.2) is 0 Å². The lowest BCUT2D eigenvalue weighted by atomic mass is 10.1. The number of hydrogen-bond donors (Lipinski definition) is 2. The van der Waals surface area contributed by atoms with Gasteiger partial charge in [0.05, 0.1) is 0 Å². The fourth-order valence-corrected chi connectivity index (χ4v) is 2.17. The molecule has 0 aliphatic rings. The van der Waals surface area contributed by atoms with Gasteiger partial charge in [-0.15, -0.1) is 0 Å². The molecule has 0 saturated heterocycles. The third-order valence-corrected chi connectivity index (χ3v) is 3.36. The molecule has 0 spiro atoms. The second-order valence-electron chi connectivity index (χ2n) is 5.06. The number of nitrogens with zero attached hydrogens (tertiary/aromatic N) is 2. The maximum Gasteiger partial charge on any atom is 0.273 e. The molecule has 0 bridgehead atoms. The molecule has 23 heavy (non-hydrogen) atoms. The van der Waals surface area contributed by atoms with Gasteiger partial charge in [-0.05, 0) is 36.2 Å². The van der Waals surface area contributed by atoms with Crippen LogP contribution in [0, 0.1) is 0 Å². The minimum absolute atomic E-state index is 0.247. The first kappa shape index (κ1) is 14.8. The molecule has 2 aromatic heterocycles. The molecule has 0 aliphatic carbocycles. The lowest BCUT2D eigenvalue weighted by Gasteiger charge is -2.02. The molecule has 0 atom stereocenters. The smallest absolute Gasteiger partial charge is 0.273 e. The molecule has 0 radical (unpaired) electrons. The molecule has 6 heteroatoms. The number of rotatable bonds is 5. The first-order valence-corrected chi connectivity index (χ1v) is 7.22. The topological polar surface area (TPSA) is 94.0 Å². The fraction of sp³-hybridized carbons (Fsp3) is 0.118. The molecule has 3 aromatic rings. The predicted octanol–water partition coefficient (Wildman–Crippen LogP) is 2.29. The molecule has 1 aromatic carbocycles. The van der Waals surface area contributed by atoms with Crippen LogP contribution in [0.4, 0.5) is 5.69 Å². The van der Waals surface area contributed by atoms with Gasteiger partial charge in [0.15, 0.2) is 11.5 Å². The number of anilines is 1. The zero-order valence-corrected chi connectivity index (χ0v) is 12.4. The number of benzene rings is 1. The number of carbonyl (C=O) groups excluding carboxylic acids is 1. The maximum absolute atomic E-state index is 12.1. The Morgan fingerprint density at radius 3 is 2.78 bits per heavy atom. The Bertz CT molecular complexity index is 799. The van der Waals surface area contributed by atoms with Crippen LogP contribution in [0.2, 0.25) is 0 Å². The zero-order valence-electron chi connectivity index (χ0n) is 12.4. The van der Waals surface area contributed by atoms with Gasteiger partial charge in [0.2, 0.25) is 0 Å². The molecule has 0 unspecified atom stereocenters. The van der Waals surface area contributed by atoms with E-state index < -0.39 is 0 Å². The van der Waals surface area contributed by atoms with E-state index in [4.69, 9.17) is 10.3 Å². The molecular weight excluding hydrogens is 292 g/mol. The maximum atomic E-state index is 12.1. The van der Waals surface area contributed by atoms with Crippen molar-refractivity contribution in [3.8, 4) is 11.3 Å². The van der Waals surface area contributed by atoms with Gasteiger partial charge in [0, 0.05) is 36.3 Å². The SMILES string of the molecule is Nc1cccc(-c2cc(C(=O)NCCc3ccncc3)no2)c1. The van der Waals surface area contributed by atoms with Gasteiger partial charge in [-0.1, -0.05) is 17.3 Å². The summed E-state index contributed by atoms with van der Waals surface area (Å²) in [4.78, 5) is 16.0. The second kappa shape index (κ2) is 6.74. The first-order valence-electron chi connectivity index (χ1n) is 7.22. The molecule has 0 aliphatic heterocycles. The van der Waals surface area contributed by atoms with Crippen molar-refractivity contribution in [1.82, 2.24) is 15.5 Å². The number of hydrogen-bond acceptors (Lipinski definition) is 5. The van der Waals surface area contributed by atoms with Crippen LogP contribution < -0.4 is 11.1 Å². The summed E-state index contributed by atoms with van der Waals surface area (Å²) in [6.45, 7) is 0.517. The lowest BCUT2D eigenvalue weighted by Crippen LogP contribution is -2.25. The normalized spacial score (nSPS) is 10.4. The van der Waals surface area contributed by atoms with Gasteiger partial charge < -0.3 is 15.6 Å². The molecule has 3 N–H and O–H groups in total. The van der Waals surface area contributed by atoms with Crippen LogP contribution in [0.1, 0.15) is 16.1 Å². The highest BCUT2D eigenvalue weighted by molar-refractivity contribution is 5.93. The number of amides is 1. The largest absolute Gasteiger partial charge is 0.399 e. The summed E-state index contributed by atoms with van der Waals surface area (Å²) >= 11 is 0. The molecule has 6 nitrogen and oxygen atoms in total. The number of aromatic nitrogens is 2. The lowest BCUT2D eigenvalue weighted by molar-refractivity contribution is 0.0945. The van der Waals surface area contributed by atoms with Gasteiger partial charge in [-0.2, -0.15) is 0 Å². The van der Waals surface area contributed by atoms with E-state index in [1.165, 1.54) is 0 Å². The van der Waals surface area contributed by atoms with E-state index in [0.717, 1.165) is 17.5 Å². The summed E-state index contributed by atoms with van der Waals surface area (Å²) in [5.41, 5.74) is 8.51. The highest BCUT2D eigenvalue weighted by Crippen LogP contribution is 2.22. The van der Waals surface area contributed by atoms with Crippen LogP contribution in [0.25, 0.3) is 11.3 Å². The molecule has 0 saturated carbocycles. The second-order valence-corrected chi connectivity index (χ2v) is 5.06. The quantitative estimate of drug-likeness (QED) is 0.705. The van der Waals surface area contributed by atoms with Crippen molar-refractivity contribution in [3.63, 3.8) is 0 Å². The highest BCUT2D eigenvalue weighted by Gasteiger charge is 2.13. The number of pyridine rings is 1. The van der Waals surface area contributed by atoms with Crippen molar-refractivity contribution in [2.45, 2.75) is 6.42 Å². The fourth-order valence-electron chi connectivity index (χ4n) is 2.17. The number of nitrogens with one attached hydrogen (secondary N) is 1. The van der Waals surface area contributed by atoms with Crippen molar-refractivity contribution >= 4 is 11.6 Å². The Hall–Kier alpha value is -3.15. The van der Waals surface area contributed by atoms with Crippen molar-refractivity contribution < 1.29 is 9.32 Å². The minimum Gasteiger partial charge on any atom is -0.399 e. The molecule has 116 valence electrons. The molecule has 2 heterocycles. The zero-order chi connectivity index (χ0) is 16.1. The first-order chi connectivity index (χ1) is 11.2. The molecule has 1 amide bonds. The standard InChI is InChI=1S/C17H16N4O2/c18-14-3-1-2-13(10-14)16-11-15(21-23-16)17(22)20-9-6-12-4-7-19-8-5-12/h1-5,7-8,10-11H,6,9,18H2,(H,20,22). The Morgan fingerprint density at radius 2 is 2.00 bits per heavy atom. The minimum atomic E-state index is -0.266. The Balaban J connectivity index is 1.60. The van der Waals surface area contributed by atoms with Crippen molar-refractivity contribution in [2.24, 2.45) is 0 Å². The van der Waals surface area contributed by atoms with Gasteiger partial charge >= 0.3 is 0 Å². The van der Waals surface area contributed by atoms with E-state index in [1.54, 1.807) is 30.6 Å². The highest BCUT2D eigenvalue weighted by atomic mass is 16.5. The number of nitrogen functional groups attached to an aromatic ring is 1. The summed E-state index contributed by atoms with van der Waals surface area (Å²) in [7, 11) is 0. The summed E-state index contributed by atoms with van der Waals surface area (Å²) in [5.74, 6) is 0.245. The molecule has 3 rings (SSSR count). The van der Waals surface area contributed by atoms with E-state index in [2.05, 4.69) is 15.5 Å². The van der Waals surface area contributed by atoms with Crippen LogP contribution in [0.3, 0.4) is 0 Å². The Kier molecular flexibility index (Phi) is 4.33. The number of carbonyl (C=O) groups is 1. The third-order valence-electron chi connectivity index (χ3n) is 3.36. The Labute approximate surface area is 133 Å². The molecule has 0 fully saturated rings. The van der Waals surface area contributed by atoms with Crippen molar-refractivity contribution in [3.05, 3.63) is 66.1 Å². The Morgan fingerprint density at radius 1 is 1.17 bits per heavy atom. The van der Waals surface area contributed by atoms with E-state index in [0.29, 0.717) is 18.0 Å². The summed E-state index contributed by atoms with van der Waals surface area (Å²) in [6, 6.07) is 12.7. The predicted molar refractivity (Wildman–Crippen MR) is 86.6 cm³/mol. The monoisotopic (exact) mass is 308 g/mol. The summed E-state index contributed by atoms with van der Waals surface area (Å²) < 4.78 is 5.22. The van der Waals surface area contributed by atoms with Gasteiger partial charge in [0.1, 0.15) is 0 Å². The van der Waals surface area contributed by atoms with Gasteiger partial charge in [0.25, 0.3) is 5.91 Å². The average molecular weight is 308 g/mol. The van der Waals surface area contributed by atoms with Crippen LogP contribution >= 0.6 is 0 Å². The van der Waals surface area contributed by atoms with Crippen molar-refractivity contribution in [2.75, 3.05) is 12.3 Å². The van der Waals surface area contributed by atoms with E-state index in [-0.39, 0.29) is 11.6 Å². The van der Waals surface area contributed by atoms with Crippen LogP contribution in [0.15, 0.2) is 59.4 Å². The molecular formula is C17H16N4O2. The average Bonchev–Trinajstić information content (AvgIpc) is 3.06. The number of nitrogens with two attached hydrogens (primary N) is 1. The third kappa shape index (κ3) is 3.74. The van der Waals surface area contributed by atoms with Crippen molar-refractivity contribution in [1.29, 1.82) is 0 Å². The van der Waals surface area contributed by atoms with Crippen LogP contribution in [0.5, 0.6) is 0 Å². The summed E-state index contributed by atoms with van der Waals surface area (Å²) in [6.07, 6.45) is 4.19. The van der Waals surface area contributed by atoms with Crippen LogP contribution in [-0.4, -0.2) is 22.6 Å². The van der Waals surface area contributed by atoms with Gasteiger partial charge in [-0.3, -0.25) is 9.78 Å². The van der Waals surface area contributed by atoms with E-state index in [9.17, 15) is 4.79 Å². The van der Waals surface area contributed by atoms with E-state index >= 15 is 0 Å². The van der Waals surface area contributed by atoms with Crippen LogP contribution in [-0.2, 0) is 6.42 Å².